The van der Waals surface area contributed by atoms with Gasteiger partial charge in [-0.1, -0.05) is 183 Å². The van der Waals surface area contributed by atoms with E-state index in [0.29, 0.717) is 5.92 Å². The first-order valence-electron chi connectivity index (χ1n) is 22.8. The van der Waals surface area contributed by atoms with E-state index in [2.05, 4.69) is 213 Å². The van der Waals surface area contributed by atoms with Crippen LogP contribution in [-0.4, -0.2) is 0 Å². The number of nitrogens with zero attached hydrogens (tertiary/aromatic N) is 1. The fourth-order valence-corrected chi connectivity index (χ4v) is 11.4. The summed E-state index contributed by atoms with van der Waals surface area (Å²) in [4.78, 5) is 2.57. The van der Waals surface area contributed by atoms with Crippen molar-refractivity contribution in [2.24, 2.45) is 0 Å². The molecule has 12 rings (SSSR count). The summed E-state index contributed by atoms with van der Waals surface area (Å²) in [6.07, 6.45) is 6.44. The fourth-order valence-electron chi connectivity index (χ4n) is 11.4. The first kappa shape index (κ1) is 37.6. The molecule has 0 N–H and O–H groups in total. The van der Waals surface area contributed by atoms with E-state index in [1.165, 1.54) is 104 Å². The van der Waals surface area contributed by atoms with Crippen molar-refractivity contribution >= 4 is 49.8 Å². The zero-order valence-corrected chi connectivity index (χ0v) is 35.9. The minimum absolute atomic E-state index is 0.340. The van der Waals surface area contributed by atoms with Gasteiger partial charge in [-0.05, 0) is 118 Å². The average Bonchev–Trinajstić information content (AvgIpc) is 3.86. The Labute approximate surface area is 370 Å². The van der Waals surface area contributed by atoms with E-state index in [-0.39, 0.29) is 5.41 Å². The lowest BCUT2D eigenvalue weighted by atomic mass is 9.74. The predicted octanol–water partition coefficient (Wildman–Crippen LogP) is 17.2. The largest absolute Gasteiger partial charge is 0.455 e. The Morgan fingerprint density at radius 1 is 0.524 bits per heavy atom. The molecule has 1 atom stereocenters. The third-order valence-electron chi connectivity index (χ3n) is 14.4. The van der Waals surface area contributed by atoms with E-state index < -0.39 is 0 Å². The van der Waals surface area contributed by atoms with Crippen molar-refractivity contribution < 1.29 is 4.42 Å². The lowest BCUT2D eigenvalue weighted by Crippen LogP contribution is -2.22. The number of anilines is 3. The molecule has 1 unspecified atom stereocenters. The molecular formula is C61H49NO. The molecular weight excluding hydrogens is 763 g/mol. The highest BCUT2D eigenvalue weighted by molar-refractivity contribution is 6.10. The molecule has 9 aromatic carbocycles. The molecule has 10 aromatic rings. The third kappa shape index (κ3) is 5.99. The Balaban J connectivity index is 1.14. The quantitative estimate of drug-likeness (QED) is 0.159. The van der Waals surface area contributed by atoms with Crippen LogP contribution < -0.4 is 4.90 Å². The topological polar surface area (TPSA) is 16.4 Å². The van der Waals surface area contributed by atoms with E-state index in [4.69, 9.17) is 4.42 Å². The van der Waals surface area contributed by atoms with Gasteiger partial charge < -0.3 is 9.32 Å². The molecule has 1 heterocycles. The van der Waals surface area contributed by atoms with Crippen LogP contribution in [-0.2, 0) is 5.41 Å². The summed E-state index contributed by atoms with van der Waals surface area (Å²) in [7, 11) is 0. The predicted molar refractivity (Wildman–Crippen MR) is 265 cm³/mol. The number of benzene rings is 9. The number of hydrogen-bond donors (Lipinski definition) is 0. The van der Waals surface area contributed by atoms with Crippen molar-refractivity contribution in [3.63, 3.8) is 0 Å². The highest BCUT2D eigenvalue weighted by Gasteiger charge is 2.42. The number of aryl methyl sites for hydroxylation is 1. The van der Waals surface area contributed by atoms with Gasteiger partial charge in [0.1, 0.15) is 11.2 Å². The minimum Gasteiger partial charge on any atom is -0.455 e. The van der Waals surface area contributed by atoms with Crippen molar-refractivity contribution in [3.8, 4) is 33.4 Å². The van der Waals surface area contributed by atoms with E-state index in [1.54, 1.807) is 0 Å². The van der Waals surface area contributed by atoms with E-state index in [0.717, 1.165) is 38.8 Å². The molecule has 2 aliphatic carbocycles. The maximum Gasteiger partial charge on any atom is 0.143 e. The van der Waals surface area contributed by atoms with Gasteiger partial charge in [-0.15, -0.1) is 0 Å². The van der Waals surface area contributed by atoms with Gasteiger partial charge >= 0.3 is 0 Å². The standard InChI is InChI=1S/C61H49NO/c1-40-36-37-48(50-30-15-21-42-20-14-28-46(58(42)50)41-18-5-3-6-19-41)56(38-40)62(45-25-13-22-43(39-45)47-29-16-31-51-49-26-10-12-35-57(49)63-60(47)51)55-34-17-33-54-59(55)52-27-9-11-32-53(52)61(54,2)44-23-7-4-8-24-44/h4,7-17,20-39,41H,3,5-6,18-19H2,1-2H3. The van der Waals surface area contributed by atoms with Gasteiger partial charge in [0.15, 0.2) is 0 Å². The number of para-hydroxylation sites is 2. The zero-order valence-electron chi connectivity index (χ0n) is 35.9. The van der Waals surface area contributed by atoms with Crippen molar-refractivity contribution in [1.82, 2.24) is 0 Å². The molecule has 0 saturated heterocycles. The number of hydrogen-bond acceptors (Lipinski definition) is 2. The normalized spacial score (nSPS) is 16.1. The fraction of sp³-hybridized carbons (Fsp3) is 0.148. The van der Waals surface area contributed by atoms with Gasteiger partial charge in [-0.25, -0.2) is 0 Å². The summed E-state index contributed by atoms with van der Waals surface area (Å²) in [5.74, 6) is 0.566. The smallest absolute Gasteiger partial charge is 0.143 e. The first-order chi connectivity index (χ1) is 31.1. The molecule has 0 spiro atoms. The number of fused-ring (bicyclic) bond motifs is 7. The molecule has 0 aliphatic heterocycles. The summed E-state index contributed by atoms with van der Waals surface area (Å²) in [5, 5.41) is 4.97. The van der Waals surface area contributed by atoms with E-state index >= 15 is 0 Å². The summed E-state index contributed by atoms with van der Waals surface area (Å²) >= 11 is 0. The second-order valence-corrected chi connectivity index (χ2v) is 18.0. The van der Waals surface area contributed by atoms with Gasteiger partial charge in [0.05, 0.1) is 11.4 Å². The molecule has 2 aliphatic rings. The Kier molecular flexibility index (Phi) is 8.97. The van der Waals surface area contributed by atoms with E-state index in [1.807, 2.05) is 0 Å². The van der Waals surface area contributed by atoms with Gasteiger partial charge in [0.2, 0.25) is 0 Å². The lowest BCUT2D eigenvalue weighted by Gasteiger charge is -2.32. The molecule has 0 amide bonds. The molecule has 0 radical (unpaired) electrons. The summed E-state index contributed by atoms with van der Waals surface area (Å²) in [6.45, 7) is 4.65. The molecule has 1 aromatic heterocycles. The van der Waals surface area contributed by atoms with Gasteiger partial charge in [-0.3, -0.25) is 0 Å². The second kappa shape index (κ2) is 15.0. The highest BCUT2D eigenvalue weighted by Crippen LogP contribution is 2.58. The molecule has 304 valence electrons. The monoisotopic (exact) mass is 811 g/mol. The third-order valence-corrected chi connectivity index (χ3v) is 14.4. The average molecular weight is 812 g/mol. The summed E-state index contributed by atoms with van der Waals surface area (Å²) in [5.41, 5.74) is 18.8. The Hall–Kier alpha value is -7.16. The van der Waals surface area contributed by atoms with Gasteiger partial charge in [-0.2, -0.15) is 0 Å². The second-order valence-electron chi connectivity index (χ2n) is 18.0. The Morgan fingerprint density at radius 3 is 2.11 bits per heavy atom. The van der Waals surface area contributed by atoms with Crippen LogP contribution in [0.4, 0.5) is 17.1 Å². The summed E-state index contributed by atoms with van der Waals surface area (Å²) in [6, 6.07) is 72.2. The molecule has 63 heavy (non-hydrogen) atoms. The van der Waals surface area contributed by atoms with Crippen LogP contribution in [0.15, 0.2) is 199 Å². The first-order valence-corrected chi connectivity index (χ1v) is 22.8. The molecule has 2 nitrogen and oxygen atoms in total. The van der Waals surface area contributed by atoms with Crippen LogP contribution in [0.5, 0.6) is 0 Å². The van der Waals surface area contributed by atoms with Gasteiger partial charge in [0.25, 0.3) is 0 Å². The van der Waals surface area contributed by atoms with Gasteiger partial charge in [0, 0.05) is 38.6 Å². The molecule has 2 heteroatoms. The van der Waals surface area contributed by atoms with Crippen LogP contribution >= 0.6 is 0 Å². The highest BCUT2D eigenvalue weighted by atomic mass is 16.3. The SMILES string of the molecule is Cc1ccc(-c2cccc3cccc(C4CCCCC4)c23)c(N(c2cccc(-c3cccc4c3oc3ccccc34)c2)c2cccc3c2-c2ccccc2C3(C)c2ccccc2)c1. The Bertz CT molecular complexity index is 3360. The number of rotatable bonds is 7. The van der Waals surface area contributed by atoms with Crippen molar-refractivity contribution in [1.29, 1.82) is 0 Å². The van der Waals surface area contributed by atoms with Crippen LogP contribution in [0.3, 0.4) is 0 Å². The van der Waals surface area contributed by atoms with E-state index in [9.17, 15) is 0 Å². The maximum atomic E-state index is 6.65. The lowest BCUT2D eigenvalue weighted by molar-refractivity contribution is 0.445. The van der Waals surface area contributed by atoms with Crippen LogP contribution in [0.2, 0.25) is 0 Å². The molecule has 0 bridgehead atoms. The van der Waals surface area contributed by atoms with Crippen molar-refractivity contribution in [2.45, 2.75) is 57.3 Å². The number of furan rings is 1. The van der Waals surface area contributed by atoms with Crippen LogP contribution in [0.25, 0.3) is 66.1 Å². The molecule has 1 fully saturated rings. The van der Waals surface area contributed by atoms with Crippen LogP contribution in [0, 0.1) is 6.92 Å². The van der Waals surface area contributed by atoms with Crippen LogP contribution in [0.1, 0.15) is 72.8 Å². The van der Waals surface area contributed by atoms with Crippen molar-refractivity contribution in [2.75, 3.05) is 4.90 Å². The van der Waals surface area contributed by atoms with Crippen molar-refractivity contribution in [3.05, 3.63) is 222 Å². The summed E-state index contributed by atoms with van der Waals surface area (Å²) < 4.78 is 6.65. The Morgan fingerprint density at radius 2 is 1.22 bits per heavy atom. The minimum atomic E-state index is -0.340. The maximum absolute atomic E-state index is 6.65. The zero-order chi connectivity index (χ0) is 42.1. The molecule has 1 saturated carbocycles.